The van der Waals surface area contributed by atoms with E-state index in [1.165, 1.54) is 19.2 Å². The molecule has 0 aliphatic carbocycles. The van der Waals surface area contributed by atoms with E-state index >= 15 is 0 Å². The lowest BCUT2D eigenvalue weighted by atomic mass is 10.1. The van der Waals surface area contributed by atoms with Crippen LogP contribution in [0.2, 0.25) is 0 Å². The Morgan fingerprint density at radius 2 is 1.40 bits per heavy atom. The van der Waals surface area contributed by atoms with Crippen LogP contribution < -0.4 is 9.62 Å². The number of hydrogen-bond acceptors (Lipinski definition) is 3. The lowest BCUT2D eigenvalue weighted by molar-refractivity contribution is 0.102. The van der Waals surface area contributed by atoms with E-state index in [-0.39, 0.29) is 16.4 Å². The maximum atomic E-state index is 13.0. The van der Waals surface area contributed by atoms with Crippen LogP contribution in [0.15, 0.2) is 102 Å². The van der Waals surface area contributed by atoms with Gasteiger partial charge in [0.25, 0.3) is 15.9 Å². The third-order valence-electron chi connectivity index (χ3n) is 4.90. The van der Waals surface area contributed by atoms with E-state index in [9.17, 15) is 13.2 Å². The van der Waals surface area contributed by atoms with Gasteiger partial charge in [-0.05, 0) is 47.2 Å². The predicted molar refractivity (Wildman–Crippen MR) is 120 cm³/mol. The zero-order chi connectivity index (χ0) is 21.1. The fourth-order valence-electron chi connectivity index (χ4n) is 3.29. The molecule has 6 heteroatoms. The molecule has 0 unspecified atom stereocenters. The van der Waals surface area contributed by atoms with E-state index in [2.05, 4.69) is 5.32 Å². The molecule has 4 aromatic rings. The van der Waals surface area contributed by atoms with Crippen LogP contribution >= 0.6 is 0 Å². The number of rotatable bonds is 5. The van der Waals surface area contributed by atoms with Gasteiger partial charge in [0.1, 0.15) is 0 Å². The van der Waals surface area contributed by atoms with Crippen LogP contribution in [0.1, 0.15) is 10.4 Å². The Morgan fingerprint density at radius 1 is 0.767 bits per heavy atom. The number of para-hydroxylation sites is 1. The predicted octanol–water partition coefficient (Wildman–Crippen LogP) is 4.92. The number of nitrogens with zero attached hydrogens (tertiary/aromatic N) is 1. The van der Waals surface area contributed by atoms with Crippen LogP contribution in [-0.4, -0.2) is 21.4 Å². The smallest absolute Gasteiger partial charge is 0.264 e. The Bertz CT molecular complexity index is 1320. The van der Waals surface area contributed by atoms with Crippen molar-refractivity contribution in [1.82, 2.24) is 0 Å². The molecule has 1 amide bonds. The van der Waals surface area contributed by atoms with E-state index in [4.69, 9.17) is 0 Å². The second-order valence-corrected chi connectivity index (χ2v) is 8.79. The molecular formula is C24H20N2O3S. The summed E-state index contributed by atoms with van der Waals surface area (Å²) in [6.07, 6.45) is 0. The minimum atomic E-state index is -3.80. The van der Waals surface area contributed by atoms with Crippen molar-refractivity contribution in [2.75, 3.05) is 16.7 Å². The van der Waals surface area contributed by atoms with Crippen molar-refractivity contribution in [2.24, 2.45) is 0 Å². The molecule has 4 aromatic carbocycles. The average molecular weight is 417 g/mol. The molecule has 4 rings (SSSR count). The summed E-state index contributed by atoms with van der Waals surface area (Å²) in [5.74, 6) is -0.379. The minimum absolute atomic E-state index is 0.164. The van der Waals surface area contributed by atoms with Crippen molar-refractivity contribution in [1.29, 1.82) is 0 Å². The number of sulfonamides is 1. The number of hydrogen-bond donors (Lipinski definition) is 1. The van der Waals surface area contributed by atoms with Gasteiger partial charge in [0.2, 0.25) is 0 Å². The van der Waals surface area contributed by atoms with Gasteiger partial charge in [0.05, 0.1) is 16.1 Å². The molecule has 30 heavy (non-hydrogen) atoms. The van der Waals surface area contributed by atoms with E-state index in [0.29, 0.717) is 11.4 Å². The normalized spacial score (nSPS) is 11.2. The summed E-state index contributed by atoms with van der Waals surface area (Å²) >= 11 is 0. The lowest BCUT2D eigenvalue weighted by Gasteiger charge is -2.22. The van der Waals surface area contributed by atoms with Crippen LogP contribution in [0.3, 0.4) is 0 Å². The summed E-state index contributed by atoms with van der Waals surface area (Å²) in [5.41, 5.74) is 1.22. The monoisotopic (exact) mass is 416 g/mol. The molecule has 0 aromatic heterocycles. The van der Waals surface area contributed by atoms with Crippen molar-refractivity contribution in [3.8, 4) is 0 Å². The van der Waals surface area contributed by atoms with E-state index in [1.807, 2.05) is 42.5 Å². The van der Waals surface area contributed by atoms with Gasteiger partial charge in [-0.2, -0.15) is 0 Å². The number of carbonyl (C=O) groups excluding carboxylic acids is 1. The first-order valence-corrected chi connectivity index (χ1v) is 10.8. The van der Waals surface area contributed by atoms with Gasteiger partial charge in [0, 0.05) is 12.7 Å². The van der Waals surface area contributed by atoms with Crippen molar-refractivity contribution in [2.45, 2.75) is 4.90 Å². The number of amides is 1. The molecular weight excluding hydrogens is 396 g/mol. The maximum absolute atomic E-state index is 13.0. The largest absolute Gasteiger partial charge is 0.322 e. The Hall–Kier alpha value is -3.64. The second-order valence-electron chi connectivity index (χ2n) is 6.82. The number of carbonyl (C=O) groups is 1. The summed E-state index contributed by atoms with van der Waals surface area (Å²) < 4.78 is 27.1. The Labute approximate surface area is 175 Å². The first-order chi connectivity index (χ1) is 14.5. The topological polar surface area (TPSA) is 66.5 Å². The number of anilines is 2. The molecule has 0 saturated carbocycles. The quantitative estimate of drug-likeness (QED) is 0.502. The molecule has 0 radical (unpaired) electrons. The number of nitrogens with one attached hydrogen (secondary N) is 1. The maximum Gasteiger partial charge on any atom is 0.264 e. The SMILES string of the molecule is CN(c1ccccc1C(=O)Nc1ccc2ccccc2c1)S(=O)(=O)c1ccccc1. The van der Waals surface area contributed by atoms with E-state index < -0.39 is 10.0 Å². The van der Waals surface area contributed by atoms with Gasteiger partial charge in [0.15, 0.2) is 0 Å². The summed E-state index contributed by atoms with van der Waals surface area (Å²) in [6, 6.07) is 28.3. The van der Waals surface area contributed by atoms with Gasteiger partial charge in [-0.1, -0.05) is 60.7 Å². The fraction of sp³-hybridized carbons (Fsp3) is 0.0417. The summed E-state index contributed by atoms with van der Waals surface area (Å²) in [5, 5.41) is 4.96. The minimum Gasteiger partial charge on any atom is -0.322 e. The number of benzene rings is 4. The molecule has 0 spiro atoms. The molecule has 0 aliphatic heterocycles. The average Bonchev–Trinajstić information content (AvgIpc) is 2.79. The van der Waals surface area contributed by atoms with Gasteiger partial charge in [-0.25, -0.2) is 8.42 Å². The van der Waals surface area contributed by atoms with Crippen LogP contribution in [0.4, 0.5) is 11.4 Å². The van der Waals surface area contributed by atoms with E-state index in [0.717, 1.165) is 15.1 Å². The van der Waals surface area contributed by atoms with Crippen LogP contribution in [-0.2, 0) is 10.0 Å². The van der Waals surface area contributed by atoms with Crippen LogP contribution in [0, 0.1) is 0 Å². The second kappa shape index (κ2) is 8.00. The molecule has 5 nitrogen and oxygen atoms in total. The Kier molecular flexibility index (Phi) is 5.25. The third-order valence-corrected chi connectivity index (χ3v) is 6.68. The molecule has 1 N–H and O–H groups in total. The van der Waals surface area contributed by atoms with Gasteiger partial charge >= 0.3 is 0 Å². The molecule has 0 atom stereocenters. The van der Waals surface area contributed by atoms with Gasteiger partial charge < -0.3 is 5.32 Å². The van der Waals surface area contributed by atoms with Gasteiger partial charge in [-0.3, -0.25) is 9.10 Å². The molecule has 0 bridgehead atoms. The van der Waals surface area contributed by atoms with Crippen LogP contribution in [0.25, 0.3) is 10.8 Å². The highest BCUT2D eigenvalue weighted by molar-refractivity contribution is 7.92. The summed E-state index contributed by atoms with van der Waals surface area (Å²) in [4.78, 5) is 13.2. The standard InChI is InChI=1S/C24H20N2O3S/c1-26(30(28,29)21-11-3-2-4-12-21)23-14-8-7-13-22(23)24(27)25-20-16-15-18-9-5-6-10-19(18)17-20/h2-17H,1H3,(H,25,27). The zero-order valence-corrected chi connectivity index (χ0v) is 17.1. The van der Waals surface area contributed by atoms with Crippen molar-refractivity contribution in [3.05, 3.63) is 103 Å². The van der Waals surface area contributed by atoms with Crippen molar-refractivity contribution in [3.63, 3.8) is 0 Å². The first kappa shape index (κ1) is 19.7. The van der Waals surface area contributed by atoms with Crippen LogP contribution in [0.5, 0.6) is 0 Å². The summed E-state index contributed by atoms with van der Waals surface area (Å²) in [6.45, 7) is 0. The zero-order valence-electron chi connectivity index (χ0n) is 16.3. The molecule has 150 valence electrons. The van der Waals surface area contributed by atoms with E-state index in [1.54, 1.807) is 42.5 Å². The first-order valence-electron chi connectivity index (χ1n) is 9.40. The highest BCUT2D eigenvalue weighted by Gasteiger charge is 2.24. The lowest BCUT2D eigenvalue weighted by Crippen LogP contribution is -2.29. The molecule has 0 saturated heterocycles. The van der Waals surface area contributed by atoms with Crippen molar-refractivity contribution < 1.29 is 13.2 Å². The van der Waals surface area contributed by atoms with Crippen molar-refractivity contribution >= 4 is 38.1 Å². The summed E-state index contributed by atoms with van der Waals surface area (Å²) in [7, 11) is -2.35. The molecule has 0 heterocycles. The highest BCUT2D eigenvalue weighted by Crippen LogP contribution is 2.27. The molecule has 0 aliphatic rings. The molecule has 0 fully saturated rings. The Morgan fingerprint density at radius 3 is 2.17 bits per heavy atom. The Balaban J connectivity index is 1.66. The van der Waals surface area contributed by atoms with Gasteiger partial charge in [-0.15, -0.1) is 0 Å². The fourth-order valence-corrected chi connectivity index (χ4v) is 4.52. The highest BCUT2D eigenvalue weighted by atomic mass is 32.2. The number of fused-ring (bicyclic) bond motifs is 1. The third kappa shape index (κ3) is 3.77.